The molecule has 176 valence electrons. The van der Waals surface area contributed by atoms with Gasteiger partial charge in [-0.25, -0.2) is 0 Å². The third-order valence-electron chi connectivity index (χ3n) is 5.10. The van der Waals surface area contributed by atoms with Crippen LogP contribution in [0.3, 0.4) is 0 Å². The summed E-state index contributed by atoms with van der Waals surface area (Å²) < 4.78 is 42.5. The van der Waals surface area contributed by atoms with Crippen LogP contribution in [-0.4, -0.2) is 37.9 Å². The second-order valence-corrected chi connectivity index (χ2v) is 8.66. The minimum absolute atomic E-state index is 0.0324. The van der Waals surface area contributed by atoms with E-state index in [4.69, 9.17) is 11.6 Å². The van der Waals surface area contributed by atoms with Gasteiger partial charge in [0.25, 0.3) is 5.91 Å². The number of alkyl halides is 3. The Labute approximate surface area is 188 Å². The highest BCUT2D eigenvalue weighted by molar-refractivity contribution is 6.32. The monoisotopic (exact) mass is 474 g/mol. The minimum Gasteiger partial charge on any atom is -0.350 e. The van der Waals surface area contributed by atoms with E-state index in [2.05, 4.69) is 20.8 Å². The molecule has 1 saturated carbocycles. The van der Waals surface area contributed by atoms with E-state index >= 15 is 0 Å². The van der Waals surface area contributed by atoms with E-state index in [0.29, 0.717) is 25.9 Å². The molecule has 2 heterocycles. The Morgan fingerprint density at radius 2 is 1.91 bits per heavy atom. The number of aromatic nitrogens is 4. The van der Waals surface area contributed by atoms with Crippen LogP contribution in [0, 0.1) is 5.92 Å². The summed E-state index contributed by atoms with van der Waals surface area (Å²) in [5.41, 5.74) is -0.786. The van der Waals surface area contributed by atoms with Crippen molar-refractivity contribution < 1.29 is 22.8 Å². The van der Waals surface area contributed by atoms with Gasteiger partial charge in [-0.2, -0.15) is 23.4 Å². The number of aryl methyl sites for hydroxylation is 1. The first-order valence-corrected chi connectivity index (χ1v) is 10.8. The van der Waals surface area contributed by atoms with E-state index in [1.807, 2.05) is 20.8 Å². The van der Waals surface area contributed by atoms with Gasteiger partial charge in [-0.3, -0.25) is 19.0 Å². The zero-order chi connectivity index (χ0) is 23.8. The standard InChI is InChI=1S/C20H26ClF3N6O2/c1-5-29-9-13(15(27-29)19(32)25-8-10(2)3)26-18(31)11(4)30-16(12-6-7-12)14(21)17(28-30)20(22,23)24/h9-12H,5-8H2,1-4H3,(H,25,32)(H,26,31). The average molecular weight is 475 g/mol. The van der Waals surface area contributed by atoms with Gasteiger partial charge in [-0.05, 0) is 32.6 Å². The maximum Gasteiger partial charge on any atom is 0.436 e. The molecule has 1 aliphatic carbocycles. The summed E-state index contributed by atoms with van der Waals surface area (Å²) in [7, 11) is 0. The second-order valence-electron chi connectivity index (χ2n) is 8.28. The average Bonchev–Trinajstić information content (AvgIpc) is 3.36. The van der Waals surface area contributed by atoms with Crippen LogP contribution in [0.5, 0.6) is 0 Å². The van der Waals surface area contributed by atoms with Crippen LogP contribution in [0.2, 0.25) is 5.02 Å². The van der Waals surface area contributed by atoms with E-state index < -0.39 is 34.7 Å². The van der Waals surface area contributed by atoms with Gasteiger partial charge in [0.2, 0.25) is 5.91 Å². The second kappa shape index (κ2) is 9.13. The molecule has 0 aromatic carbocycles. The molecule has 1 aliphatic rings. The predicted octanol–water partition coefficient (Wildman–Crippen LogP) is 4.23. The van der Waals surface area contributed by atoms with Gasteiger partial charge in [0.05, 0.1) is 16.4 Å². The molecule has 8 nitrogen and oxygen atoms in total. The lowest BCUT2D eigenvalue weighted by atomic mass is 10.2. The number of carbonyl (C=O) groups excluding carboxylic acids is 2. The molecule has 12 heteroatoms. The van der Waals surface area contributed by atoms with E-state index in [-0.39, 0.29) is 28.9 Å². The molecule has 1 atom stereocenters. The summed E-state index contributed by atoms with van der Waals surface area (Å²) in [6, 6.07) is -1.09. The maximum absolute atomic E-state index is 13.3. The number of rotatable bonds is 8. The van der Waals surface area contributed by atoms with Gasteiger partial charge in [-0.15, -0.1) is 0 Å². The van der Waals surface area contributed by atoms with Crippen LogP contribution in [0.4, 0.5) is 18.9 Å². The van der Waals surface area contributed by atoms with Crippen LogP contribution in [0.15, 0.2) is 6.20 Å². The van der Waals surface area contributed by atoms with Crippen LogP contribution < -0.4 is 10.6 Å². The lowest BCUT2D eigenvalue weighted by Crippen LogP contribution is -2.30. The minimum atomic E-state index is -4.73. The van der Waals surface area contributed by atoms with Crippen LogP contribution in [0.25, 0.3) is 0 Å². The van der Waals surface area contributed by atoms with Crippen molar-refractivity contribution in [2.24, 2.45) is 5.92 Å². The summed E-state index contributed by atoms with van der Waals surface area (Å²) >= 11 is 6.01. The molecule has 1 unspecified atom stereocenters. The molecule has 0 saturated heterocycles. The molecule has 2 N–H and O–H groups in total. The molecule has 0 aliphatic heterocycles. The quantitative estimate of drug-likeness (QED) is 0.598. The Morgan fingerprint density at radius 1 is 1.25 bits per heavy atom. The fraction of sp³-hybridized carbons (Fsp3) is 0.600. The van der Waals surface area contributed by atoms with Gasteiger partial charge in [0.1, 0.15) is 6.04 Å². The number of nitrogens with one attached hydrogen (secondary N) is 2. The van der Waals surface area contributed by atoms with Crippen molar-refractivity contribution >= 4 is 29.1 Å². The third kappa shape index (κ3) is 5.08. The van der Waals surface area contributed by atoms with Crippen molar-refractivity contribution in [3.8, 4) is 0 Å². The summed E-state index contributed by atoms with van der Waals surface area (Å²) in [4.78, 5) is 25.5. The zero-order valence-electron chi connectivity index (χ0n) is 18.3. The van der Waals surface area contributed by atoms with Crippen molar-refractivity contribution in [2.45, 2.75) is 65.2 Å². The number of amides is 2. The molecule has 0 bridgehead atoms. The molecule has 0 spiro atoms. The van der Waals surface area contributed by atoms with E-state index in [1.165, 1.54) is 17.8 Å². The molecule has 1 fully saturated rings. The molecular weight excluding hydrogens is 449 g/mol. The molecule has 3 rings (SSSR count). The molecule has 32 heavy (non-hydrogen) atoms. The highest BCUT2D eigenvalue weighted by atomic mass is 35.5. The number of carbonyl (C=O) groups is 2. The van der Waals surface area contributed by atoms with Crippen LogP contribution in [0.1, 0.15) is 74.4 Å². The van der Waals surface area contributed by atoms with Gasteiger partial charge >= 0.3 is 6.18 Å². The highest BCUT2D eigenvalue weighted by Gasteiger charge is 2.43. The van der Waals surface area contributed by atoms with E-state index in [9.17, 15) is 22.8 Å². The van der Waals surface area contributed by atoms with Crippen molar-refractivity contribution in [3.63, 3.8) is 0 Å². The van der Waals surface area contributed by atoms with Crippen molar-refractivity contribution in [2.75, 3.05) is 11.9 Å². The number of nitrogens with zero attached hydrogens (tertiary/aromatic N) is 4. The molecule has 2 amide bonds. The molecule has 0 radical (unpaired) electrons. The van der Waals surface area contributed by atoms with Crippen molar-refractivity contribution in [1.29, 1.82) is 0 Å². The summed E-state index contributed by atoms with van der Waals surface area (Å²) in [5.74, 6) is -1.03. The Hall–Kier alpha value is -2.56. The maximum atomic E-state index is 13.3. The summed E-state index contributed by atoms with van der Waals surface area (Å²) in [5, 5.41) is 12.7. The number of hydrogen-bond acceptors (Lipinski definition) is 4. The van der Waals surface area contributed by atoms with Crippen molar-refractivity contribution in [3.05, 3.63) is 28.3 Å². The van der Waals surface area contributed by atoms with Gasteiger partial charge in [0.15, 0.2) is 11.4 Å². The SMILES string of the molecule is CCn1cc(NC(=O)C(C)n2nc(C(F)(F)F)c(Cl)c2C2CC2)c(C(=O)NCC(C)C)n1. The largest absolute Gasteiger partial charge is 0.436 e. The van der Waals surface area contributed by atoms with Crippen LogP contribution >= 0.6 is 11.6 Å². The zero-order valence-corrected chi connectivity index (χ0v) is 19.0. The number of halogens is 4. The van der Waals surface area contributed by atoms with Gasteiger partial charge in [0, 0.05) is 25.2 Å². The van der Waals surface area contributed by atoms with E-state index in [0.717, 1.165) is 4.68 Å². The van der Waals surface area contributed by atoms with Crippen molar-refractivity contribution in [1.82, 2.24) is 24.9 Å². The lowest BCUT2D eigenvalue weighted by Gasteiger charge is -2.16. The lowest BCUT2D eigenvalue weighted by molar-refractivity contribution is -0.141. The summed E-state index contributed by atoms with van der Waals surface area (Å²) in [6.07, 6.45) is -1.86. The summed E-state index contributed by atoms with van der Waals surface area (Å²) in [6.45, 7) is 8.04. The fourth-order valence-electron chi connectivity index (χ4n) is 3.20. The number of anilines is 1. The number of hydrogen-bond donors (Lipinski definition) is 2. The van der Waals surface area contributed by atoms with E-state index in [1.54, 1.807) is 0 Å². The molecule has 2 aromatic heterocycles. The highest BCUT2D eigenvalue weighted by Crippen LogP contribution is 2.47. The fourth-order valence-corrected chi connectivity index (χ4v) is 3.58. The Balaban J connectivity index is 1.87. The predicted molar refractivity (Wildman–Crippen MR) is 113 cm³/mol. The first kappa shape index (κ1) is 24.1. The normalized spacial score (nSPS) is 15.2. The first-order chi connectivity index (χ1) is 14.9. The molecular formula is C20H26ClF3N6O2. The first-order valence-electron chi connectivity index (χ1n) is 10.5. The smallest absolute Gasteiger partial charge is 0.350 e. The van der Waals surface area contributed by atoms with Crippen LogP contribution in [-0.2, 0) is 17.5 Å². The topological polar surface area (TPSA) is 93.8 Å². The Kier molecular flexibility index (Phi) is 6.87. The third-order valence-corrected chi connectivity index (χ3v) is 5.47. The Morgan fingerprint density at radius 3 is 2.44 bits per heavy atom. The van der Waals surface area contributed by atoms with Gasteiger partial charge < -0.3 is 10.6 Å². The van der Waals surface area contributed by atoms with Gasteiger partial charge in [-0.1, -0.05) is 25.4 Å². The Bertz CT molecular complexity index is 1010. The molecule has 2 aromatic rings.